The van der Waals surface area contributed by atoms with Crippen LogP contribution in [0.25, 0.3) is 0 Å². The summed E-state index contributed by atoms with van der Waals surface area (Å²) in [6.45, 7) is 5.50. The fourth-order valence-corrected chi connectivity index (χ4v) is 2.67. The highest BCUT2D eigenvalue weighted by atomic mass is 79.9. The summed E-state index contributed by atoms with van der Waals surface area (Å²) in [5.41, 5.74) is -0.484. The van der Waals surface area contributed by atoms with Crippen molar-refractivity contribution in [2.24, 2.45) is 0 Å². The van der Waals surface area contributed by atoms with Crippen LogP contribution < -0.4 is 0 Å². The number of halogens is 1. The third-order valence-corrected chi connectivity index (χ3v) is 3.43. The standard InChI is InChI=1S/C12H15BrO3S/c1-12(2,3)16-11(15)10-5-4-9(17-10)6-8(13)7-14/h4-5,7-8H,6H2,1-3H3. The summed E-state index contributed by atoms with van der Waals surface area (Å²) in [5.74, 6) is -0.314. The van der Waals surface area contributed by atoms with Crippen molar-refractivity contribution >= 4 is 39.5 Å². The van der Waals surface area contributed by atoms with E-state index in [-0.39, 0.29) is 10.8 Å². The minimum Gasteiger partial charge on any atom is -0.456 e. The van der Waals surface area contributed by atoms with Crippen LogP contribution in [0.15, 0.2) is 12.1 Å². The number of aldehydes is 1. The van der Waals surface area contributed by atoms with Gasteiger partial charge in [0.05, 0.1) is 4.83 Å². The Kier molecular flexibility index (Phi) is 4.89. The van der Waals surface area contributed by atoms with E-state index >= 15 is 0 Å². The monoisotopic (exact) mass is 318 g/mol. The van der Waals surface area contributed by atoms with Crippen molar-refractivity contribution in [1.29, 1.82) is 0 Å². The maximum Gasteiger partial charge on any atom is 0.348 e. The number of hydrogen-bond donors (Lipinski definition) is 0. The number of hydrogen-bond acceptors (Lipinski definition) is 4. The molecule has 1 heterocycles. The molecule has 0 bridgehead atoms. The van der Waals surface area contributed by atoms with Gasteiger partial charge in [-0.1, -0.05) is 15.9 Å². The van der Waals surface area contributed by atoms with Crippen molar-refractivity contribution in [2.75, 3.05) is 0 Å². The van der Waals surface area contributed by atoms with E-state index in [1.165, 1.54) is 11.3 Å². The van der Waals surface area contributed by atoms with Gasteiger partial charge in [0, 0.05) is 11.3 Å². The summed E-state index contributed by atoms with van der Waals surface area (Å²) in [4.78, 5) is 23.6. The molecule has 5 heteroatoms. The van der Waals surface area contributed by atoms with Crippen LogP contribution in [0, 0.1) is 0 Å². The molecule has 0 aliphatic carbocycles. The van der Waals surface area contributed by atoms with E-state index in [2.05, 4.69) is 15.9 Å². The number of esters is 1. The zero-order valence-electron chi connectivity index (χ0n) is 10.0. The van der Waals surface area contributed by atoms with Crippen molar-refractivity contribution in [1.82, 2.24) is 0 Å². The van der Waals surface area contributed by atoms with Gasteiger partial charge in [-0.15, -0.1) is 11.3 Å². The van der Waals surface area contributed by atoms with Crippen molar-refractivity contribution < 1.29 is 14.3 Å². The largest absolute Gasteiger partial charge is 0.456 e. The van der Waals surface area contributed by atoms with E-state index < -0.39 is 5.60 Å². The lowest BCUT2D eigenvalue weighted by Gasteiger charge is -2.18. The summed E-state index contributed by atoms with van der Waals surface area (Å²) in [5, 5.41) is 0. The lowest BCUT2D eigenvalue weighted by Crippen LogP contribution is -2.23. The second-order valence-corrected chi connectivity index (χ2v) is 6.97. The molecule has 0 fully saturated rings. The Morgan fingerprint density at radius 2 is 2.18 bits per heavy atom. The molecule has 0 saturated carbocycles. The molecule has 0 saturated heterocycles. The van der Waals surface area contributed by atoms with Crippen LogP contribution in [0.3, 0.4) is 0 Å². The van der Waals surface area contributed by atoms with Crippen LogP contribution in [-0.2, 0) is 16.0 Å². The predicted octanol–water partition coefficient (Wildman–Crippen LogP) is 3.21. The van der Waals surface area contributed by atoms with Crippen molar-refractivity contribution in [3.63, 3.8) is 0 Å². The number of ether oxygens (including phenoxy) is 1. The SMILES string of the molecule is CC(C)(C)OC(=O)c1ccc(CC(Br)C=O)s1. The van der Waals surface area contributed by atoms with Gasteiger partial charge in [0.2, 0.25) is 0 Å². The van der Waals surface area contributed by atoms with E-state index in [4.69, 9.17) is 4.74 Å². The first-order valence-electron chi connectivity index (χ1n) is 5.23. The fraction of sp³-hybridized carbons (Fsp3) is 0.500. The summed E-state index contributed by atoms with van der Waals surface area (Å²) < 4.78 is 5.26. The Morgan fingerprint density at radius 3 is 2.71 bits per heavy atom. The molecule has 1 rings (SSSR count). The second-order valence-electron chi connectivity index (χ2n) is 4.62. The molecule has 0 aromatic carbocycles. The molecule has 1 unspecified atom stereocenters. The first-order valence-corrected chi connectivity index (χ1v) is 6.96. The Balaban J connectivity index is 2.68. The van der Waals surface area contributed by atoms with Crippen molar-refractivity contribution in [3.8, 4) is 0 Å². The quantitative estimate of drug-likeness (QED) is 0.486. The molecule has 1 aromatic rings. The number of alkyl halides is 1. The molecule has 0 N–H and O–H groups in total. The number of thiophene rings is 1. The molecule has 0 aliphatic rings. The highest BCUT2D eigenvalue weighted by Gasteiger charge is 2.19. The van der Waals surface area contributed by atoms with Gasteiger partial charge >= 0.3 is 5.97 Å². The Labute approximate surface area is 113 Å². The van der Waals surface area contributed by atoms with E-state index in [1.807, 2.05) is 26.8 Å². The van der Waals surface area contributed by atoms with Gasteiger partial charge in [0.15, 0.2) is 0 Å². The van der Waals surface area contributed by atoms with E-state index in [0.29, 0.717) is 11.3 Å². The molecular weight excluding hydrogens is 304 g/mol. The highest BCUT2D eigenvalue weighted by molar-refractivity contribution is 9.09. The summed E-state index contributed by atoms with van der Waals surface area (Å²) in [6, 6.07) is 3.58. The van der Waals surface area contributed by atoms with Crippen LogP contribution >= 0.6 is 27.3 Å². The number of carbonyl (C=O) groups excluding carboxylic acids is 2. The van der Waals surface area contributed by atoms with Crippen LogP contribution in [0.5, 0.6) is 0 Å². The maximum atomic E-state index is 11.7. The maximum absolute atomic E-state index is 11.7. The molecule has 3 nitrogen and oxygen atoms in total. The third kappa shape index (κ3) is 5.00. The molecule has 0 aliphatic heterocycles. The zero-order chi connectivity index (χ0) is 13.1. The number of rotatable bonds is 4. The van der Waals surface area contributed by atoms with Gasteiger partial charge < -0.3 is 9.53 Å². The van der Waals surface area contributed by atoms with Crippen LogP contribution in [0.4, 0.5) is 0 Å². The molecule has 1 atom stereocenters. The zero-order valence-corrected chi connectivity index (χ0v) is 12.4. The van der Waals surface area contributed by atoms with Crippen LogP contribution in [0.2, 0.25) is 0 Å². The average molecular weight is 319 g/mol. The van der Waals surface area contributed by atoms with Crippen LogP contribution in [-0.4, -0.2) is 22.7 Å². The van der Waals surface area contributed by atoms with E-state index in [0.717, 1.165) is 11.2 Å². The second kappa shape index (κ2) is 5.78. The first-order chi connectivity index (χ1) is 7.81. The molecule has 0 spiro atoms. The minimum atomic E-state index is -0.484. The molecule has 17 heavy (non-hydrogen) atoms. The van der Waals surface area contributed by atoms with Gasteiger partial charge in [-0.25, -0.2) is 4.79 Å². The van der Waals surface area contributed by atoms with Gasteiger partial charge in [-0.05, 0) is 32.9 Å². The molecular formula is C12H15BrO3S. The normalized spacial score (nSPS) is 13.2. The highest BCUT2D eigenvalue weighted by Crippen LogP contribution is 2.22. The van der Waals surface area contributed by atoms with Crippen LogP contribution in [0.1, 0.15) is 35.3 Å². The topological polar surface area (TPSA) is 43.4 Å². The predicted molar refractivity (Wildman–Crippen MR) is 72.0 cm³/mol. The Morgan fingerprint density at radius 1 is 1.53 bits per heavy atom. The van der Waals surface area contributed by atoms with Gasteiger partial charge in [-0.3, -0.25) is 0 Å². The first kappa shape index (κ1) is 14.4. The van der Waals surface area contributed by atoms with E-state index in [9.17, 15) is 9.59 Å². The summed E-state index contributed by atoms with van der Waals surface area (Å²) in [6.07, 6.45) is 1.43. The van der Waals surface area contributed by atoms with E-state index in [1.54, 1.807) is 6.07 Å². The Bertz CT molecular complexity index is 406. The lowest BCUT2D eigenvalue weighted by molar-refractivity contribution is -0.107. The lowest BCUT2D eigenvalue weighted by atomic mass is 10.2. The van der Waals surface area contributed by atoms with Gasteiger partial charge in [-0.2, -0.15) is 0 Å². The smallest absolute Gasteiger partial charge is 0.348 e. The fourth-order valence-electron chi connectivity index (χ4n) is 1.17. The molecule has 0 radical (unpaired) electrons. The van der Waals surface area contributed by atoms with Gasteiger partial charge in [0.25, 0.3) is 0 Å². The van der Waals surface area contributed by atoms with Gasteiger partial charge in [0.1, 0.15) is 16.8 Å². The molecule has 1 aromatic heterocycles. The summed E-state index contributed by atoms with van der Waals surface area (Å²) in [7, 11) is 0. The third-order valence-electron chi connectivity index (χ3n) is 1.81. The summed E-state index contributed by atoms with van der Waals surface area (Å²) >= 11 is 4.59. The molecule has 94 valence electrons. The van der Waals surface area contributed by atoms with Crippen molar-refractivity contribution in [2.45, 2.75) is 37.6 Å². The van der Waals surface area contributed by atoms with Crippen molar-refractivity contribution in [3.05, 3.63) is 21.9 Å². The minimum absolute atomic E-state index is 0.201. The molecule has 0 amide bonds. The average Bonchev–Trinajstić information content (AvgIpc) is 2.63. The Hall–Kier alpha value is -0.680. The number of carbonyl (C=O) groups is 2.